The Hall–Kier alpha value is -3.47. The van der Waals surface area contributed by atoms with Crippen molar-refractivity contribution in [3.8, 4) is 11.5 Å². The first-order valence-electron chi connectivity index (χ1n) is 8.23. The molecule has 2 N–H and O–H groups in total. The van der Waals surface area contributed by atoms with E-state index < -0.39 is 4.92 Å². The van der Waals surface area contributed by atoms with E-state index in [1.807, 2.05) is 18.2 Å². The molecule has 1 aromatic carbocycles. The monoisotopic (exact) mass is 402 g/mol. The van der Waals surface area contributed by atoms with Crippen molar-refractivity contribution >= 4 is 33.8 Å². The van der Waals surface area contributed by atoms with Crippen molar-refractivity contribution in [2.75, 3.05) is 31.4 Å². The lowest BCUT2D eigenvalue weighted by Crippen LogP contribution is -2.11. The van der Waals surface area contributed by atoms with E-state index in [4.69, 9.17) is 9.47 Å². The molecule has 10 nitrogen and oxygen atoms in total. The summed E-state index contributed by atoms with van der Waals surface area (Å²) in [6.07, 6.45) is 3.47. The molecule has 0 bridgehead atoms. The zero-order chi connectivity index (χ0) is 19.9. The van der Waals surface area contributed by atoms with E-state index in [0.29, 0.717) is 29.6 Å². The molecule has 0 aliphatic rings. The van der Waals surface area contributed by atoms with Gasteiger partial charge in [-0.2, -0.15) is 0 Å². The average Bonchev–Trinajstić information content (AvgIpc) is 3.20. The Morgan fingerprint density at radius 1 is 1.14 bits per heavy atom. The molecule has 146 valence electrons. The van der Waals surface area contributed by atoms with Crippen LogP contribution in [0.25, 0.3) is 0 Å². The standard InChI is InChI=1S/C17H18N6O4S/c1-26-12-4-3-11(9-13(12)27-2)5-6-18-15-14(23(24)25)16(21-10-20-15)22-17-19-7-8-28-17/h3-4,7-10H,5-6H2,1-2H3,(H2,18,19,20,21,22). The number of ether oxygens (including phenoxy) is 2. The lowest BCUT2D eigenvalue weighted by atomic mass is 10.1. The minimum absolute atomic E-state index is 0.0866. The van der Waals surface area contributed by atoms with Crippen LogP contribution in [0.3, 0.4) is 0 Å². The number of nitro groups is 1. The Bertz CT molecular complexity index is 951. The van der Waals surface area contributed by atoms with E-state index in [-0.39, 0.29) is 17.3 Å². The fourth-order valence-corrected chi connectivity index (χ4v) is 3.05. The Morgan fingerprint density at radius 3 is 2.61 bits per heavy atom. The third-order valence-corrected chi connectivity index (χ3v) is 4.51. The average molecular weight is 402 g/mol. The van der Waals surface area contributed by atoms with Crippen molar-refractivity contribution in [2.24, 2.45) is 0 Å². The zero-order valence-electron chi connectivity index (χ0n) is 15.2. The van der Waals surface area contributed by atoms with E-state index in [9.17, 15) is 10.1 Å². The van der Waals surface area contributed by atoms with Crippen LogP contribution in [0, 0.1) is 10.1 Å². The highest BCUT2D eigenvalue weighted by molar-refractivity contribution is 7.13. The van der Waals surface area contributed by atoms with Crippen LogP contribution < -0.4 is 20.1 Å². The molecule has 0 atom stereocenters. The first kappa shape index (κ1) is 19.3. The van der Waals surface area contributed by atoms with E-state index >= 15 is 0 Å². The SMILES string of the molecule is COc1ccc(CCNc2ncnc(Nc3nccs3)c2[N+](=O)[O-])cc1OC. The predicted molar refractivity (Wildman–Crippen MR) is 106 cm³/mol. The van der Waals surface area contributed by atoms with Gasteiger partial charge in [0.1, 0.15) is 6.33 Å². The van der Waals surface area contributed by atoms with Gasteiger partial charge < -0.3 is 20.1 Å². The molecule has 0 unspecified atom stereocenters. The van der Waals surface area contributed by atoms with Gasteiger partial charge in [-0.15, -0.1) is 11.3 Å². The molecule has 0 amide bonds. The summed E-state index contributed by atoms with van der Waals surface area (Å²) in [4.78, 5) is 23.1. The number of nitrogens with zero attached hydrogens (tertiary/aromatic N) is 4. The van der Waals surface area contributed by atoms with Crippen LogP contribution in [-0.2, 0) is 6.42 Å². The van der Waals surface area contributed by atoms with Crippen molar-refractivity contribution in [2.45, 2.75) is 6.42 Å². The number of hydrogen-bond donors (Lipinski definition) is 2. The van der Waals surface area contributed by atoms with Gasteiger partial charge in [0, 0.05) is 18.1 Å². The summed E-state index contributed by atoms with van der Waals surface area (Å²) < 4.78 is 10.5. The Morgan fingerprint density at radius 2 is 1.93 bits per heavy atom. The summed E-state index contributed by atoms with van der Waals surface area (Å²) in [5, 5.41) is 19.7. The van der Waals surface area contributed by atoms with Crippen LogP contribution in [0.4, 0.5) is 22.5 Å². The number of benzene rings is 1. The molecule has 2 heterocycles. The van der Waals surface area contributed by atoms with Crippen molar-refractivity contribution in [3.05, 3.63) is 51.8 Å². The summed E-state index contributed by atoms with van der Waals surface area (Å²) in [7, 11) is 3.14. The topological polar surface area (TPSA) is 124 Å². The Kier molecular flexibility index (Phi) is 6.17. The normalized spacial score (nSPS) is 10.4. The number of methoxy groups -OCH3 is 2. The van der Waals surface area contributed by atoms with Crippen molar-refractivity contribution in [3.63, 3.8) is 0 Å². The van der Waals surface area contributed by atoms with Crippen molar-refractivity contribution in [1.29, 1.82) is 0 Å². The molecule has 0 aliphatic heterocycles. The maximum Gasteiger partial charge on any atom is 0.353 e. The van der Waals surface area contributed by atoms with Gasteiger partial charge in [-0.3, -0.25) is 10.1 Å². The van der Waals surface area contributed by atoms with Crippen LogP contribution >= 0.6 is 11.3 Å². The first-order chi connectivity index (χ1) is 13.6. The smallest absolute Gasteiger partial charge is 0.353 e. The molecule has 2 aromatic heterocycles. The lowest BCUT2D eigenvalue weighted by Gasteiger charge is -2.11. The maximum atomic E-state index is 11.6. The molecule has 0 aliphatic carbocycles. The highest BCUT2D eigenvalue weighted by atomic mass is 32.1. The summed E-state index contributed by atoms with van der Waals surface area (Å²) in [6, 6.07) is 5.59. The van der Waals surface area contributed by atoms with Crippen molar-refractivity contribution in [1.82, 2.24) is 15.0 Å². The fourth-order valence-electron chi connectivity index (χ4n) is 2.52. The highest BCUT2D eigenvalue weighted by Gasteiger charge is 2.23. The third kappa shape index (κ3) is 4.43. The van der Waals surface area contributed by atoms with E-state index in [1.165, 1.54) is 17.7 Å². The third-order valence-electron chi connectivity index (χ3n) is 3.82. The van der Waals surface area contributed by atoms with Crippen LogP contribution in [0.5, 0.6) is 11.5 Å². The minimum atomic E-state index is -0.519. The number of nitrogens with one attached hydrogen (secondary N) is 2. The second kappa shape index (κ2) is 8.95. The van der Waals surface area contributed by atoms with Gasteiger partial charge in [-0.05, 0) is 24.1 Å². The molecule has 0 saturated heterocycles. The minimum Gasteiger partial charge on any atom is -0.493 e. The van der Waals surface area contributed by atoms with Gasteiger partial charge in [0.05, 0.1) is 19.1 Å². The molecule has 0 radical (unpaired) electrons. The number of hydrogen-bond acceptors (Lipinski definition) is 10. The van der Waals surface area contributed by atoms with Gasteiger partial charge >= 0.3 is 5.69 Å². The van der Waals surface area contributed by atoms with E-state index in [2.05, 4.69) is 25.6 Å². The molecule has 3 aromatic rings. The number of aromatic nitrogens is 3. The second-order valence-electron chi connectivity index (χ2n) is 5.50. The largest absolute Gasteiger partial charge is 0.493 e. The summed E-state index contributed by atoms with van der Waals surface area (Å²) >= 11 is 1.32. The quantitative estimate of drug-likeness (QED) is 0.410. The Labute approximate surface area is 164 Å². The molecular weight excluding hydrogens is 384 g/mol. The van der Waals surface area contributed by atoms with Gasteiger partial charge in [0.25, 0.3) is 0 Å². The van der Waals surface area contributed by atoms with Crippen molar-refractivity contribution < 1.29 is 14.4 Å². The molecule has 0 saturated carbocycles. The van der Waals surface area contributed by atoms with E-state index in [0.717, 1.165) is 5.56 Å². The Balaban J connectivity index is 1.73. The number of anilines is 3. The van der Waals surface area contributed by atoms with Crippen LogP contribution in [-0.4, -0.2) is 40.6 Å². The van der Waals surface area contributed by atoms with Crippen LogP contribution in [0.15, 0.2) is 36.1 Å². The van der Waals surface area contributed by atoms with Crippen LogP contribution in [0.1, 0.15) is 5.56 Å². The second-order valence-corrected chi connectivity index (χ2v) is 6.40. The summed E-state index contributed by atoms with van der Waals surface area (Å²) in [6.45, 7) is 0.435. The van der Waals surface area contributed by atoms with Crippen LogP contribution in [0.2, 0.25) is 0 Å². The summed E-state index contributed by atoms with van der Waals surface area (Å²) in [5.74, 6) is 1.50. The van der Waals surface area contributed by atoms with Gasteiger partial charge in [0.15, 0.2) is 16.6 Å². The molecule has 11 heteroatoms. The fraction of sp³-hybridized carbons (Fsp3) is 0.235. The van der Waals surface area contributed by atoms with Gasteiger partial charge in [-0.25, -0.2) is 15.0 Å². The molecule has 28 heavy (non-hydrogen) atoms. The van der Waals surface area contributed by atoms with Gasteiger partial charge in [0.2, 0.25) is 11.6 Å². The molecule has 0 fully saturated rings. The van der Waals surface area contributed by atoms with Gasteiger partial charge in [-0.1, -0.05) is 6.07 Å². The highest BCUT2D eigenvalue weighted by Crippen LogP contribution is 2.32. The zero-order valence-corrected chi connectivity index (χ0v) is 16.0. The predicted octanol–water partition coefficient (Wildman–Crippen LogP) is 3.26. The molecular formula is C17H18N6O4S. The maximum absolute atomic E-state index is 11.6. The molecule has 3 rings (SSSR count). The summed E-state index contributed by atoms with van der Waals surface area (Å²) in [5.41, 5.74) is 0.757. The number of thiazole rings is 1. The first-order valence-corrected chi connectivity index (χ1v) is 9.11. The molecule has 0 spiro atoms. The number of rotatable bonds is 9. The van der Waals surface area contributed by atoms with E-state index in [1.54, 1.807) is 25.8 Å². The lowest BCUT2D eigenvalue weighted by molar-refractivity contribution is -0.383.